The van der Waals surface area contributed by atoms with Crippen LogP contribution in [0.15, 0.2) is 23.0 Å². The first kappa shape index (κ1) is 16.9. The number of hydrogen-bond acceptors (Lipinski definition) is 7. The molecule has 0 saturated heterocycles. The molecular formula is C16H12O8. The van der Waals surface area contributed by atoms with Gasteiger partial charge < -0.3 is 25.2 Å². The van der Waals surface area contributed by atoms with Crippen LogP contribution >= 0.6 is 0 Å². The lowest BCUT2D eigenvalue weighted by Crippen LogP contribution is -2.02. The summed E-state index contributed by atoms with van der Waals surface area (Å²) in [6.45, 7) is 0. The molecule has 0 radical (unpaired) electrons. The van der Waals surface area contributed by atoms with Gasteiger partial charge in [-0.05, 0) is 6.07 Å². The van der Waals surface area contributed by atoms with Gasteiger partial charge >= 0.3 is 5.97 Å². The van der Waals surface area contributed by atoms with Gasteiger partial charge in [0.25, 0.3) is 0 Å². The molecule has 0 bridgehead atoms. The van der Waals surface area contributed by atoms with Gasteiger partial charge in [-0.2, -0.15) is 0 Å². The van der Waals surface area contributed by atoms with Crippen LogP contribution in [-0.4, -0.2) is 38.5 Å². The van der Waals surface area contributed by atoms with Gasteiger partial charge in [-0.1, -0.05) is 0 Å². The topological polar surface area (TPSA) is 149 Å². The van der Waals surface area contributed by atoms with Crippen molar-refractivity contribution in [3.63, 3.8) is 0 Å². The largest absolute Gasteiger partial charge is 0.507 e. The monoisotopic (exact) mass is 332 g/mol. The number of rotatable bonds is 5. The van der Waals surface area contributed by atoms with E-state index in [1.54, 1.807) is 0 Å². The second-order valence-corrected chi connectivity index (χ2v) is 4.97. The second kappa shape index (κ2) is 6.37. The fraction of sp³-hybridized carbons (Fsp3) is 0.125. The Hall–Kier alpha value is -3.42. The summed E-state index contributed by atoms with van der Waals surface area (Å²) in [5.41, 5.74) is -2.01. The molecule has 0 spiro atoms. The molecule has 2 rings (SSSR count). The van der Waals surface area contributed by atoms with E-state index in [1.807, 2.05) is 0 Å². The SMILES string of the molecule is O=CCCC(=O)c1c(O)cc(O)c2c(O)c(=O)cc(C(=O)O)cc12. The minimum Gasteiger partial charge on any atom is -0.507 e. The van der Waals surface area contributed by atoms with Gasteiger partial charge in [-0.25, -0.2) is 4.79 Å². The molecule has 2 aromatic carbocycles. The van der Waals surface area contributed by atoms with E-state index in [1.165, 1.54) is 0 Å². The Morgan fingerprint density at radius 3 is 2.29 bits per heavy atom. The van der Waals surface area contributed by atoms with Crippen LogP contribution in [0.5, 0.6) is 17.2 Å². The number of fused-ring (bicyclic) bond motifs is 1. The van der Waals surface area contributed by atoms with Crippen LogP contribution in [0.4, 0.5) is 0 Å². The molecule has 0 amide bonds. The Bertz CT molecular complexity index is 930. The molecule has 8 heteroatoms. The van der Waals surface area contributed by atoms with Gasteiger partial charge in [0.1, 0.15) is 17.8 Å². The number of phenolic OH excluding ortho intramolecular Hbond substituents is 2. The lowest BCUT2D eigenvalue weighted by Gasteiger charge is -2.08. The van der Waals surface area contributed by atoms with E-state index in [0.717, 1.165) is 12.1 Å². The van der Waals surface area contributed by atoms with Crippen LogP contribution in [-0.2, 0) is 4.79 Å². The number of aromatic hydroxyl groups is 3. The van der Waals surface area contributed by atoms with Gasteiger partial charge in [-0.15, -0.1) is 0 Å². The fourth-order valence-electron chi connectivity index (χ4n) is 2.33. The van der Waals surface area contributed by atoms with Crippen LogP contribution in [0.3, 0.4) is 0 Å². The summed E-state index contributed by atoms with van der Waals surface area (Å²) in [6, 6.07) is 2.29. The zero-order valence-corrected chi connectivity index (χ0v) is 12.1. The smallest absolute Gasteiger partial charge is 0.335 e. The molecule has 0 aromatic heterocycles. The Morgan fingerprint density at radius 2 is 1.71 bits per heavy atom. The number of carboxylic acid groups (broad SMARTS) is 1. The van der Waals surface area contributed by atoms with E-state index in [4.69, 9.17) is 5.11 Å². The first-order valence-electron chi connectivity index (χ1n) is 6.74. The van der Waals surface area contributed by atoms with Crippen molar-refractivity contribution in [3.8, 4) is 17.2 Å². The maximum absolute atomic E-state index is 12.2. The average Bonchev–Trinajstić information content (AvgIpc) is 2.63. The number of benzene rings is 1. The predicted octanol–water partition coefficient (Wildman–Crippen LogP) is 1.18. The molecule has 0 aliphatic heterocycles. The van der Waals surface area contributed by atoms with Crippen molar-refractivity contribution in [2.45, 2.75) is 12.8 Å². The Morgan fingerprint density at radius 1 is 1.04 bits per heavy atom. The molecular weight excluding hydrogens is 320 g/mol. The standard InChI is InChI=1S/C16H12O8/c17-3-1-2-9(18)13-8-4-7(16(23)24)5-12(21)15(22)14(8)11(20)6-10(13)19/h3-6,19-20H,1-2H2,(H,21,22)(H,23,24). The average molecular weight is 332 g/mol. The number of carbonyl (C=O) groups is 3. The molecule has 124 valence electrons. The van der Waals surface area contributed by atoms with Crippen molar-refractivity contribution in [1.29, 1.82) is 0 Å². The number of ketones is 1. The summed E-state index contributed by atoms with van der Waals surface area (Å²) < 4.78 is 0. The van der Waals surface area contributed by atoms with Gasteiger partial charge in [-0.3, -0.25) is 9.59 Å². The molecule has 4 N–H and O–H groups in total. The number of Topliss-reactive ketones (excluding diaryl/α,β-unsaturated/α-hetero) is 1. The summed E-state index contributed by atoms with van der Waals surface area (Å²) >= 11 is 0. The van der Waals surface area contributed by atoms with E-state index in [0.29, 0.717) is 12.4 Å². The third-order valence-corrected chi connectivity index (χ3v) is 3.40. The molecule has 0 atom stereocenters. The second-order valence-electron chi connectivity index (χ2n) is 4.97. The summed E-state index contributed by atoms with van der Waals surface area (Å²) in [5.74, 6) is -4.53. The Kier molecular flexibility index (Phi) is 4.50. The highest BCUT2D eigenvalue weighted by atomic mass is 16.4. The number of aromatic carboxylic acids is 1. The fourth-order valence-corrected chi connectivity index (χ4v) is 2.33. The third kappa shape index (κ3) is 2.89. The van der Waals surface area contributed by atoms with Gasteiger partial charge in [0.2, 0.25) is 5.43 Å². The first-order valence-corrected chi connectivity index (χ1v) is 6.74. The van der Waals surface area contributed by atoms with Gasteiger partial charge in [0.15, 0.2) is 11.5 Å². The van der Waals surface area contributed by atoms with E-state index in [-0.39, 0.29) is 18.2 Å². The summed E-state index contributed by atoms with van der Waals surface area (Å²) in [7, 11) is 0. The van der Waals surface area contributed by atoms with E-state index < -0.39 is 50.9 Å². The molecule has 0 aliphatic rings. The molecule has 0 fully saturated rings. The van der Waals surface area contributed by atoms with Crippen molar-refractivity contribution < 1.29 is 34.8 Å². The van der Waals surface area contributed by atoms with Crippen LogP contribution in [0.1, 0.15) is 33.6 Å². The summed E-state index contributed by atoms with van der Waals surface area (Å²) in [4.78, 5) is 45.7. The van der Waals surface area contributed by atoms with Crippen LogP contribution in [0.2, 0.25) is 0 Å². The molecule has 24 heavy (non-hydrogen) atoms. The van der Waals surface area contributed by atoms with Crippen molar-refractivity contribution in [2.75, 3.05) is 0 Å². The highest BCUT2D eigenvalue weighted by Crippen LogP contribution is 2.38. The number of phenols is 2. The number of carboxylic acids is 1. The third-order valence-electron chi connectivity index (χ3n) is 3.40. The minimum atomic E-state index is -1.50. The molecule has 8 nitrogen and oxygen atoms in total. The van der Waals surface area contributed by atoms with Gasteiger partial charge in [0.05, 0.1) is 16.5 Å². The zero-order chi connectivity index (χ0) is 18.0. The van der Waals surface area contributed by atoms with Crippen LogP contribution < -0.4 is 5.43 Å². The highest BCUT2D eigenvalue weighted by molar-refractivity contribution is 6.14. The van der Waals surface area contributed by atoms with Crippen molar-refractivity contribution in [1.82, 2.24) is 0 Å². The summed E-state index contributed by atoms with van der Waals surface area (Å²) in [5, 5.41) is 38.2. The predicted molar refractivity (Wildman–Crippen MR) is 81.8 cm³/mol. The quantitative estimate of drug-likeness (QED) is 0.471. The molecule has 0 heterocycles. The van der Waals surface area contributed by atoms with E-state index in [9.17, 15) is 34.5 Å². The zero-order valence-electron chi connectivity index (χ0n) is 12.1. The maximum atomic E-state index is 12.2. The Labute approximate surface area is 134 Å². The number of carbonyl (C=O) groups excluding carboxylic acids is 2. The van der Waals surface area contributed by atoms with Crippen molar-refractivity contribution >= 4 is 28.8 Å². The van der Waals surface area contributed by atoms with E-state index in [2.05, 4.69) is 0 Å². The molecule has 0 unspecified atom stereocenters. The highest BCUT2D eigenvalue weighted by Gasteiger charge is 2.21. The lowest BCUT2D eigenvalue weighted by atomic mass is 9.98. The van der Waals surface area contributed by atoms with Crippen LogP contribution in [0, 0.1) is 0 Å². The number of aldehydes is 1. The van der Waals surface area contributed by atoms with Crippen molar-refractivity contribution in [3.05, 3.63) is 39.5 Å². The maximum Gasteiger partial charge on any atom is 0.335 e. The molecule has 2 aromatic rings. The van der Waals surface area contributed by atoms with Crippen molar-refractivity contribution in [2.24, 2.45) is 0 Å². The first-order chi connectivity index (χ1) is 11.3. The Balaban J connectivity index is 3.01. The minimum absolute atomic E-state index is 0.135. The normalized spacial score (nSPS) is 10.5. The van der Waals surface area contributed by atoms with Gasteiger partial charge in [0, 0.05) is 30.4 Å². The molecule has 0 aliphatic carbocycles. The van der Waals surface area contributed by atoms with E-state index >= 15 is 0 Å². The summed E-state index contributed by atoms with van der Waals surface area (Å²) in [6.07, 6.45) is 0.0839. The lowest BCUT2D eigenvalue weighted by molar-refractivity contribution is -0.107. The number of hydrogen-bond donors (Lipinski definition) is 4. The molecule has 0 saturated carbocycles. The van der Waals surface area contributed by atoms with Crippen LogP contribution in [0.25, 0.3) is 10.8 Å².